The molecule has 1 aliphatic rings. The predicted molar refractivity (Wildman–Crippen MR) is 55.9 cm³/mol. The van der Waals surface area contributed by atoms with Crippen LogP contribution in [0, 0.1) is 0 Å². The highest BCUT2D eigenvalue weighted by atomic mass is 16.5. The molecule has 0 saturated carbocycles. The molecular formula is C9H13N5O2. The fourth-order valence-corrected chi connectivity index (χ4v) is 1.40. The Kier molecular flexibility index (Phi) is 3.13. The molecule has 1 aromatic heterocycles. The molecule has 0 aromatic carbocycles. The van der Waals surface area contributed by atoms with E-state index in [0.29, 0.717) is 19.5 Å². The lowest BCUT2D eigenvalue weighted by atomic mass is 10.4. The molecule has 0 saturated heterocycles. The summed E-state index contributed by atoms with van der Waals surface area (Å²) in [6.07, 6.45) is 3.87. The number of carbonyl (C=O) groups excluding carboxylic acids is 1. The molecule has 16 heavy (non-hydrogen) atoms. The van der Waals surface area contributed by atoms with Gasteiger partial charge in [0.15, 0.2) is 0 Å². The molecule has 0 amide bonds. The second-order valence-corrected chi connectivity index (χ2v) is 3.37. The minimum atomic E-state index is -0.238. The van der Waals surface area contributed by atoms with Gasteiger partial charge in [-0.2, -0.15) is 10.2 Å². The molecule has 0 radical (unpaired) electrons. The first-order valence-corrected chi connectivity index (χ1v) is 5.04. The van der Waals surface area contributed by atoms with Crippen LogP contribution in [0.4, 0.5) is 5.69 Å². The van der Waals surface area contributed by atoms with Crippen molar-refractivity contribution in [3.8, 4) is 0 Å². The maximum Gasteiger partial charge on any atom is 0.307 e. The number of hydrogen-bond donors (Lipinski definition) is 0. The predicted octanol–water partition coefficient (Wildman–Crippen LogP) is 0.633. The van der Waals surface area contributed by atoms with E-state index in [1.54, 1.807) is 15.9 Å². The largest absolute Gasteiger partial charge is 0.469 e. The number of nitrogens with zero attached hydrogens (tertiary/aromatic N) is 5. The quantitative estimate of drug-likeness (QED) is 0.702. The van der Waals surface area contributed by atoms with Crippen molar-refractivity contribution in [1.29, 1.82) is 0 Å². The number of aryl methyl sites for hydroxylation is 1. The van der Waals surface area contributed by atoms with E-state index in [-0.39, 0.29) is 5.97 Å². The minimum Gasteiger partial charge on any atom is -0.469 e. The molecule has 0 atom stereocenters. The van der Waals surface area contributed by atoms with Crippen LogP contribution in [0.25, 0.3) is 0 Å². The standard InChI is InChI=1S/C9H13N5O2/c1-16-9(15)2-4-13-7-8(6-11-13)14-5-3-10-12-14/h6-7H,2-5H2,1H3. The Balaban J connectivity index is 1.91. The normalized spacial score (nSPS) is 14.4. The van der Waals surface area contributed by atoms with Crippen LogP contribution in [0.1, 0.15) is 6.42 Å². The van der Waals surface area contributed by atoms with Crippen LogP contribution >= 0.6 is 0 Å². The summed E-state index contributed by atoms with van der Waals surface area (Å²) in [5, 5.41) is 13.7. The molecular weight excluding hydrogens is 210 g/mol. The van der Waals surface area contributed by atoms with Crippen molar-refractivity contribution in [3.63, 3.8) is 0 Å². The Labute approximate surface area is 92.7 Å². The summed E-state index contributed by atoms with van der Waals surface area (Å²) in [7, 11) is 1.38. The van der Waals surface area contributed by atoms with Crippen molar-refractivity contribution < 1.29 is 9.53 Å². The first kappa shape index (κ1) is 10.6. The van der Waals surface area contributed by atoms with E-state index in [2.05, 4.69) is 20.2 Å². The summed E-state index contributed by atoms with van der Waals surface area (Å²) >= 11 is 0. The summed E-state index contributed by atoms with van der Waals surface area (Å²) < 4.78 is 6.25. The lowest BCUT2D eigenvalue weighted by Gasteiger charge is -2.06. The van der Waals surface area contributed by atoms with E-state index in [4.69, 9.17) is 0 Å². The van der Waals surface area contributed by atoms with Gasteiger partial charge in [0.25, 0.3) is 0 Å². The van der Waals surface area contributed by atoms with Crippen LogP contribution in [0.5, 0.6) is 0 Å². The number of ether oxygens (including phenoxy) is 1. The Bertz CT molecular complexity index is 400. The molecule has 0 aliphatic carbocycles. The molecule has 0 bridgehead atoms. The van der Waals surface area contributed by atoms with E-state index in [1.807, 2.05) is 6.20 Å². The van der Waals surface area contributed by atoms with Crippen LogP contribution < -0.4 is 5.01 Å². The van der Waals surface area contributed by atoms with Gasteiger partial charge in [-0.15, -0.1) is 0 Å². The fourth-order valence-electron chi connectivity index (χ4n) is 1.40. The van der Waals surface area contributed by atoms with Gasteiger partial charge < -0.3 is 4.74 Å². The maximum absolute atomic E-state index is 10.9. The van der Waals surface area contributed by atoms with Gasteiger partial charge in [-0.05, 0) is 0 Å². The molecule has 1 aromatic rings. The number of hydrogen-bond acceptors (Lipinski definition) is 6. The molecule has 0 fully saturated rings. The lowest BCUT2D eigenvalue weighted by molar-refractivity contribution is -0.140. The van der Waals surface area contributed by atoms with Crippen LogP contribution in [-0.4, -0.2) is 35.9 Å². The van der Waals surface area contributed by atoms with Gasteiger partial charge in [0.05, 0.1) is 51.2 Å². The van der Waals surface area contributed by atoms with E-state index in [1.165, 1.54) is 7.11 Å². The SMILES string of the molecule is COC(=O)CCn1cc(N2CCN=N2)cn1. The number of esters is 1. The molecule has 86 valence electrons. The van der Waals surface area contributed by atoms with Crippen molar-refractivity contribution in [2.45, 2.75) is 13.0 Å². The van der Waals surface area contributed by atoms with Crippen molar-refractivity contribution in [2.24, 2.45) is 10.3 Å². The topological polar surface area (TPSA) is 72.1 Å². The lowest BCUT2D eigenvalue weighted by Crippen LogP contribution is -2.13. The van der Waals surface area contributed by atoms with E-state index < -0.39 is 0 Å². The fraction of sp³-hybridized carbons (Fsp3) is 0.556. The monoisotopic (exact) mass is 223 g/mol. The Morgan fingerprint density at radius 1 is 1.62 bits per heavy atom. The third kappa shape index (κ3) is 2.36. The molecule has 1 aliphatic heterocycles. The van der Waals surface area contributed by atoms with Crippen molar-refractivity contribution >= 4 is 11.7 Å². The van der Waals surface area contributed by atoms with E-state index in [9.17, 15) is 4.79 Å². The molecule has 7 heteroatoms. The zero-order chi connectivity index (χ0) is 11.4. The highest BCUT2D eigenvalue weighted by molar-refractivity contribution is 5.68. The summed E-state index contributed by atoms with van der Waals surface area (Å²) in [4.78, 5) is 10.9. The highest BCUT2D eigenvalue weighted by Crippen LogP contribution is 2.16. The van der Waals surface area contributed by atoms with Crippen LogP contribution in [0.3, 0.4) is 0 Å². The summed E-state index contributed by atoms with van der Waals surface area (Å²) in [5.41, 5.74) is 0.895. The number of anilines is 1. The van der Waals surface area contributed by atoms with Gasteiger partial charge in [-0.3, -0.25) is 9.48 Å². The molecule has 0 unspecified atom stereocenters. The van der Waals surface area contributed by atoms with Crippen LogP contribution in [-0.2, 0) is 16.1 Å². The van der Waals surface area contributed by atoms with E-state index in [0.717, 1.165) is 12.2 Å². The van der Waals surface area contributed by atoms with Crippen molar-refractivity contribution in [2.75, 3.05) is 25.2 Å². The molecule has 2 rings (SSSR count). The van der Waals surface area contributed by atoms with Gasteiger partial charge in [0.1, 0.15) is 0 Å². The summed E-state index contributed by atoms with van der Waals surface area (Å²) in [5.74, 6) is -0.238. The second kappa shape index (κ2) is 4.73. The number of aromatic nitrogens is 2. The second-order valence-electron chi connectivity index (χ2n) is 3.37. The number of carbonyl (C=O) groups is 1. The zero-order valence-corrected chi connectivity index (χ0v) is 9.04. The van der Waals surface area contributed by atoms with Crippen molar-refractivity contribution in [1.82, 2.24) is 9.78 Å². The van der Waals surface area contributed by atoms with Crippen LogP contribution in [0.2, 0.25) is 0 Å². The van der Waals surface area contributed by atoms with Gasteiger partial charge in [0, 0.05) is 0 Å². The third-order valence-electron chi connectivity index (χ3n) is 2.27. The van der Waals surface area contributed by atoms with Gasteiger partial charge in [0.2, 0.25) is 0 Å². The van der Waals surface area contributed by atoms with Gasteiger partial charge in [-0.1, -0.05) is 5.22 Å². The maximum atomic E-state index is 10.9. The first-order valence-electron chi connectivity index (χ1n) is 5.04. The molecule has 2 heterocycles. The smallest absolute Gasteiger partial charge is 0.307 e. The average Bonchev–Trinajstić information content (AvgIpc) is 2.95. The molecule has 0 N–H and O–H groups in total. The van der Waals surface area contributed by atoms with Crippen molar-refractivity contribution in [3.05, 3.63) is 12.4 Å². The summed E-state index contributed by atoms with van der Waals surface area (Å²) in [6, 6.07) is 0. The first-order chi connectivity index (χ1) is 7.79. The Hall–Kier alpha value is -1.92. The third-order valence-corrected chi connectivity index (χ3v) is 2.27. The van der Waals surface area contributed by atoms with Gasteiger partial charge in [-0.25, -0.2) is 5.01 Å². The highest BCUT2D eigenvalue weighted by Gasteiger charge is 2.12. The Morgan fingerprint density at radius 2 is 2.50 bits per heavy atom. The minimum absolute atomic E-state index is 0.238. The average molecular weight is 223 g/mol. The zero-order valence-electron chi connectivity index (χ0n) is 9.04. The molecule has 0 spiro atoms. The number of methoxy groups -OCH3 is 1. The number of rotatable bonds is 4. The summed E-state index contributed by atoms with van der Waals surface area (Å²) in [6.45, 7) is 2.01. The molecule has 7 nitrogen and oxygen atoms in total. The van der Waals surface area contributed by atoms with Crippen LogP contribution in [0.15, 0.2) is 22.7 Å². The Morgan fingerprint density at radius 3 is 3.19 bits per heavy atom. The van der Waals surface area contributed by atoms with E-state index >= 15 is 0 Å². The van der Waals surface area contributed by atoms with Gasteiger partial charge >= 0.3 is 5.97 Å².